The normalized spacial score (nSPS) is 11.7. The molecule has 0 saturated carbocycles. The molecule has 0 aliphatic rings. The first-order chi connectivity index (χ1) is 22.2. The van der Waals surface area contributed by atoms with Crippen LogP contribution in [0, 0.1) is 26.6 Å². The molecule has 0 spiro atoms. The summed E-state index contributed by atoms with van der Waals surface area (Å²) in [6.45, 7) is 6.80. The number of aromatic nitrogens is 1. The lowest BCUT2D eigenvalue weighted by Crippen LogP contribution is -2.09. The maximum absolute atomic E-state index is 16.5. The first-order valence-electron chi connectivity index (χ1n) is 15.3. The van der Waals surface area contributed by atoms with Crippen LogP contribution in [0.4, 0.5) is 4.39 Å². The van der Waals surface area contributed by atoms with Gasteiger partial charge >= 0.3 is 0 Å². The summed E-state index contributed by atoms with van der Waals surface area (Å²) in [5.41, 5.74) is 8.16. The topological polar surface area (TPSA) is 57.5 Å². The summed E-state index contributed by atoms with van der Waals surface area (Å²) in [5.74, 6) is 0.331. The molecule has 0 N–H and O–H groups in total. The molecule has 0 bridgehead atoms. The third-order valence-corrected chi connectivity index (χ3v) is 9.57. The second-order valence-electron chi connectivity index (χ2n) is 11.6. The van der Waals surface area contributed by atoms with Crippen LogP contribution in [0.25, 0.3) is 22.2 Å². The van der Waals surface area contributed by atoms with Crippen molar-refractivity contribution in [2.24, 2.45) is 0 Å². The minimum absolute atomic E-state index is 0.0361. The molecule has 0 aliphatic heterocycles. The van der Waals surface area contributed by atoms with Crippen LogP contribution in [0.15, 0.2) is 120 Å². The maximum atomic E-state index is 16.5. The highest BCUT2D eigenvalue weighted by Gasteiger charge is 2.22. The zero-order valence-corrected chi connectivity index (χ0v) is 27.0. The van der Waals surface area contributed by atoms with Gasteiger partial charge in [0.2, 0.25) is 0 Å². The van der Waals surface area contributed by atoms with Crippen LogP contribution in [-0.4, -0.2) is 19.6 Å². The number of nitrogens with zero attached hydrogens (tertiary/aromatic N) is 1. The molecule has 0 unspecified atom stereocenters. The van der Waals surface area contributed by atoms with Crippen molar-refractivity contribution in [2.75, 3.05) is 6.61 Å². The molecule has 46 heavy (non-hydrogen) atoms. The van der Waals surface area contributed by atoms with Gasteiger partial charge in [-0.1, -0.05) is 90.5 Å². The fraction of sp³-hybridized carbons (Fsp3) is 0.179. The lowest BCUT2D eigenvalue weighted by Gasteiger charge is -2.15. The highest BCUT2D eigenvalue weighted by atomic mass is 32.2. The van der Waals surface area contributed by atoms with Gasteiger partial charge < -0.3 is 9.30 Å². The van der Waals surface area contributed by atoms with Crippen LogP contribution in [0.1, 0.15) is 33.4 Å². The summed E-state index contributed by atoms with van der Waals surface area (Å²) in [6.07, 6.45) is 0.436. The molecular formula is C39H36FNO4S. The Balaban J connectivity index is 1.25. The molecule has 0 amide bonds. The number of ether oxygens (including phenoxy) is 1. The Labute approximate surface area is 270 Å². The van der Waals surface area contributed by atoms with Crippen LogP contribution >= 0.6 is 0 Å². The number of hydrogen-bond donors (Lipinski definition) is 0. The van der Waals surface area contributed by atoms with Crippen molar-refractivity contribution in [3.8, 4) is 17.0 Å². The Kier molecular flexibility index (Phi) is 9.06. The first kappa shape index (κ1) is 31.3. The van der Waals surface area contributed by atoms with Crippen molar-refractivity contribution in [1.82, 2.24) is 4.57 Å². The molecule has 0 radical (unpaired) electrons. The molecular weight excluding hydrogens is 597 g/mol. The lowest BCUT2D eigenvalue weighted by molar-refractivity contribution is 0.306. The number of hydrogen-bond acceptors (Lipinski definition) is 4. The van der Waals surface area contributed by atoms with Gasteiger partial charge in [-0.2, -0.15) is 8.42 Å². The minimum Gasteiger partial charge on any atom is -0.489 e. The number of benzene rings is 5. The van der Waals surface area contributed by atoms with E-state index >= 15 is 4.39 Å². The van der Waals surface area contributed by atoms with E-state index in [1.165, 1.54) is 0 Å². The molecule has 5 aromatic carbocycles. The van der Waals surface area contributed by atoms with Gasteiger partial charge in [0.1, 0.15) is 12.4 Å². The van der Waals surface area contributed by atoms with Crippen LogP contribution in [0.5, 0.6) is 5.75 Å². The average Bonchev–Trinajstić information content (AvgIpc) is 3.31. The molecule has 6 rings (SSSR count). The Morgan fingerprint density at radius 1 is 0.717 bits per heavy atom. The second-order valence-corrected chi connectivity index (χ2v) is 13.2. The predicted molar refractivity (Wildman–Crippen MR) is 181 cm³/mol. The fourth-order valence-corrected chi connectivity index (χ4v) is 6.66. The SMILES string of the molecule is Cc1ccc(S(=O)(=O)OCCc2ccc(Cn3c(-c4c(C)cccc4C)c(F)c4cc(OCc5ccccc5)ccc43)cc2)cc1. The monoisotopic (exact) mass is 633 g/mol. The van der Waals surface area contributed by atoms with Gasteiger partial charge in [0.05, 0.1) is 22.7 Å². The molecule has 1 heterocycles. The highest BCUT2D eigenvalue weighted by molar-refractivity contribution is 7.86. The van der Waals surface area contributed by atoms with E-state index in [4.69, 9.17) is 8.92 Å². The summed E-state index contributed by atoms with van der Waals surface area (Å²) < 4.78 is 55.0. The molecule has 5 nitrogen and oxygen atoms in total. The van der Waals surface area contributed by atoms with E-state index in [9.17, 15) is 8.42 Å². The van der Waals surface area contributed by atoms with Gasteiger partial charge in [-0.3, -0.25) is 4.18 Å². The third kappa shape index (κ3) is 6.76. The summed E-state index contributed by atoms with van der Waals surface area (Å²) in [7, 11) is -3.82. The van der Waals surface area contributed by atoms with Crippen molar-refractivity contribution in [2.45, 2.75) is 45.2 Å². The second kappa shape index (κ2) is 13.3. The van der Waals surface area contributed by atoms with Crippen LogP contribution in [0.2, 0.25) is 0 Å². The molecule has 0 fully saturated rings. The van der Waals surface area contributed by atoms with E-state index in [-0.39, 0.29) is 17.3 Å². The smallest absolute Gasteiger partial charge is 0.296 e. The van der Waals surface area contributed by atoms with Crippen molar-refractivity contribution in [3.05, 3.63) is 154 Å². The molecule has 6 aromatic rings. The predicted octanol–water partition coefficient (Wildman–Crippen LogP) is 8.95. The van der Waals surface area contributed by atoms with Gasteiger partial charge in [-0.25, -0.2) is 4.39 Å². The van der Waals surface area contributed by atoms with Crippen LogP contribution in [0.3, 0.4) is 0 Å². The zero-order valence-electron chi connectivity index (χ0n) is 26.2. The number of rotatable bonds is 11. The third-order valence-electron chi connectivity index (χ3n) is 8.24. The Morgan fingerprint density at radius 2 is 1.39 bits per heavy atom. The molecule has 0 atom stereocenters. The lowest BCUT2D eigenvalue weighted by atomic mass is 9.99. The fourth-order valence-electron chi connectivity index (χ4n) is 5.76. The maximum Gasteiger partial charge on any atom is 0.296 e. The van der Waals surface area contributed by atoms with E-state index in [2.05, 4.69) is 0 Å². The summed E-state index contributed by atoms with van der Waals surface area (Å²) in [5, 5.41) is 0.506. The Morgan fingerprint density at radius 3 is 2.09 bits per heavy atom. The number of halogens is 1. The summed E-state index contributed by atoms with van der Waals surface area (Å²) in [6, 6.07) is 36.0. The van der Waals surface area contributed by atoms with Gasteiger partial charge in [0.25, 0.3) is 10.1 Å². The summed E-state index contributed by atoms with van der Waals surface area (Å²) in [4.78, 5) is 0.147. The molecule has 0 saturated heterocycles. The van der Waals surface area contributed by atoms with Gasteiger partial charge in [0.15, 0.2) is 5.82 Å². The Hall–Kier alpha value is -4.72. The molecule has 7 heteroatoms. The van der Waals surface area contributed by atoms with E-state index in [0.717, 1.165) is 44.5 Å². The van der Waals surface area contributed by atoms with Gasteiger partial charge in [-0.15, -0.1) is 0 Å². The standard InChI is InChI=1S/C39H36FNO4S/c1-27-12-19-34(20-13-27)46(42,43)45-23-22-30-14-16-31(17-15-30)25-41-36-21-18-33(44-26-32-10-5-4-6-11-32)24-35(36)38(40)39(41)37-28(2)8-7-9-29(37)3/h4-21,24H,22-23,25-26H2,1-3H3. The first-order valence-corrected chi connectivity index (χ1v) is 16.7. The van der Waals surface area contributed by atoms with E-state index in [1.54, 1.807) is 30.3 Å². The van der Waals surface area contributed by atoms with Crippen molar-refractivity contribution in [1.29, 1.82) is 0 Å². The zero-order chi connectivity index (χ0) is 32.3. The van der Waals surface area contributed by atoms with Gasteiger partial charge in [-0.05, 0) is 85.3 Å². The van der Waals surface area contributed by atoms with Gasteiger partial charge in [0, 0.05) is 17.5 Å². The van der Waals surface area contributed by atoms with Crippen molar-refractivity contribution in [3.63, 3.8) is 0 Å². The van der Waals surface area contributed by atoms with E-state index in [0.29, 0.717) is 36.4 Å². The molecule has 0 aliphatic carbocycles. The Bertz CT molecular complexity index is 2070. The number of fused-ring (bicyclic) bond motifs is 1. The summed E-state index contributed by atoms with van der Waals surface area (Å²) >= 11 is 0. The highest BCUT2D eigenvalue weighted by Crippen LogP contribution is 2.38. The van der Waals surface area contributed by atoms with Crippen LogP contribution in [-0.2, 0) is 33.9 Å². The largest absolute Gasteiger partial charge is 0.489 e. The van der Waals surface area contributed by atoms with E-state index < -0.39 is 10.1 Å². The average molecular weight is 634 g/mol. The van der Waals surface area contributed by atoms with Crippen molar-refractivity contribution < 1.29 is 21.7 Å². The van der Waals surface area contributed by atoms with Crippen LogP contribution < -0.4 is 4.74 Å². The van der Waals surface area contributed by atoms with Crippen molar-refractivity contribution >= 4 is 21.0 Å². The minimum atomic E-state index is -3.82. The number of aryl methyl sites for hydroxylation is 3. The quantitative estimate of drug-likeness (QED) is 0.134. The molecule has 234 valence electrons. The van der Waals surface area contributed by atoms with E-state index in [1.807, 2.05) is 110 Å². The molecule has 1 aromatic heterocycles.